The second-order valence-corrected chi connectivity index (χ2v) is 7.96. The molecular weight excluding hydrogens is 371 g/mol. The molecule has 8 heteroatoms. The van der Waals surface area contributed by atoms with Crippen molar-refractivity contribution in [2.45, 2.75) is 56.9 Å². The van der Waals surface area contributed by atoms with E-state index in [-0.39, 0.29) is 22.9 Å². The number of aromatic nitrogens is 3. The fraction of sp³-hybridized carbons (Fsp3) is 0.524. The van der Waals surface area contributed by atoms with Gasteiger partial charge in [0.2, 0.25) is 0 Å². The topological polar surface area (TPSA) is 97.8 Å². The van der Waals surface area contributed by atoms with Crippen molar-refractivity contribution in [3.63, 3.8) is 0 Å². The summed E-state index contributed by atoms with van der Waals surface area (Å²) in [4.78, 5) is 26.5. The van der Waals surface area contributed by atoms with Crippen LogP contribution in [0.2, 0.25) is 0 Å². The highest BCUT2D eigenvalue weighted by Crippen LogP contribution is 2.28. The highest BCUT2D eigenvalue weighted by Gasteiger charge is 2.26. The molecule has 0 radical (unpaired) electrons. The van der Waals surface area contributed by atoms with Gasteiger partial charge in [0.1, 0.15) is 23.3 Å². The maximum atomic E-state index is 13.2. The molecule has 0 spiro atoms. The van der Waals surface area contributed by atoms with Gasteiger partial charge in [-0.15, -0.1) is 0 Å². The second kappa shape index (κ2) is 8.71. The average Bonchev–Trinajstić information content (AvgIpc) is 2.75. The van der Waals surface area contributed by atoms with E-state index in [2.05, 4.69) is 20.2 Å². The van der Waals surface area contributed by atoms with Crippen LogP contribution in [0.15, 0.2) is 23.1 Å². The summed E-state index contributed by atoms with van der Waals surface area (Å²) in [6.45, 7) is 1.50. The molecule has 29 heavy (non-hydrogen) atoms. The van der Waals surface area contributed by atoms with Gasteiger partial charge in [0.05, 0.1) is 11.8 Å². The number of rotatable bonds is 5. The van der Waals surface area contributed by atoms with Crippen LogP contribution < -0.4 is 15.8 Å². The molecule has 2 aromatic rings. The molecule has 0 aromatic carbocycles. The van der Waals surface area contributed by atoms with Crippen molar-refractivity contribution in [3.8, 4) is 0 Å². The van der Waals surface area contributed by atoms with Crippen molar-refractivity contribution < 1.29 is 4.39 Å². The maximum Gasteiger partial charge on any atom is 0.261 e. The van der Waals surface area contributed by atoms with Gasteiger partial charge in [0.25, 0.3) is 5.56 Å². The van der Waals surface area contributed by atoms with Crippen LogP contribution in [0.25, 0.3) is 0 Å². The van der Waals surface area contributed by atoms with Gasteiger partial charge in [0, 0.05) is 31.3 Å². The Morgan fingerprint density at radius 2 is 2.03 bits per heavy atom. The number of hydrogen-bond donors (Lipinski definition) is 3. The minimum atomic E-state index is -0.353. The minimum absolute atomic E-state index is 0.0509. The van der Waals surface area contributed by atoms with E-state index in [0.717, 1.165) is 44.3 Å². The largest absolute Gasteiger partial charge is 0.367 e. The van der Waals surface area contributed by atoms with Crippen molar-refractivity contribution in [3.05, 3.63) is 45.9 Å². The predicted octanol–water partition coefficient (Wildman–Crippen LogP) is 3.43. The van der Waals surface area contributed by atoms with Gasteiger partial charge in [-0.2, -0.15) is 0 Å². The SMILES string of the molecule is N=Cc1c(NC2CCCCC2)nc(C2CCCN(c3ccc(F)cn3)C2)[nH]c1=O. The van der Waals surface area contributed by atoms with Gasteiger partial charge < -0.3 is 20.6 Å². The van der Waals surface area contributed by atoms with Gasteiger partial charge in [-0.3, -0.25) is 4.79 Å². The number of nitrogens with zero attached hydrogens (tertiary/aromatic N) is 3. The molecule has 1 saturated heterocycles. The number of nitrogens with one attached hydrogen (secondary N) is 3. The number of H-pyrrole nitrogens is 1. The smallest absolute Gasteiger partial charge is 0.261 e. The number of halogens is 1. The van der Waals surface area contributed by atoms with Crippen molar-refractivity contribution >= 4 is 17.9 Å². The Hall–Kier alpha value is -2.77. The first-order valence-electron chi connectivity index (χ1n) is 10.4. The van der Waals surface area contributed by atoms with Crippen LogP contribution >= 0.6 is 0 Å². The number of piperidine rings is 1. The van der Waals surface area contributed by atoms with Crippen LogP contribution in [0.3, 0.4) is 0 Å². The Bertz CT molecular complexity index is 906. The summed E-state index contributed by atoms with van der Waals surface area (Å²) < 4.78 is 13.2. The lowest BCUT2D eigenvalue weighted by Gasteiger charge is -2.33. The van der Waals surface area contributed by atoms with Gasteiger partial charge >= 0.3 is 0 Å². The lowest BCUT2D eigenvalue weighted by Crippen LogP contribution is -2.36. The van der Waals surface area contributed by atoms with Crippen molar-refractivity contribution in [2.24, 2.45) is 0 Å². The molecule has 2 fully saturated rings. The molecule has 1 aliphatic carbocycles. The molecule has 1 aliphatic heterocycles. The number of hydrogen-bond acceptors (Lipinski definition) is 6. The van der Waals surface area contributed by atoms with E-state index in [9.17, 15) is 9.18 Å². The van der Waals surface area contributed by atoms with Crippen LogP contribution in [0.4, 0.5) is 16.0 Å². The molecule has 7 nitrogen and oxygen atoms in total. The first-order chi connectivity index (χ1) is 14.1. The Morgan fingerprint density at radius 3 is 2.76 bits per heavy atom. The predicted molar refractivity (Wildman–Crippen MR) is 112 cm³/mol. The third kappa shape index (κ3) is 4.46. The highest BCUT2D eigenvalue weighted by atomic mass is 19.1. The summed E-state index contributed by atoms with van der Waals surface area (Å²) >= 11 is 0. The zero-order valence-corrected chi connectivity index (χ0v) is 16.5. The summed E-state index contributed by atoms with van der Waals surface area (Å²) in [5.41, 5.74) is 0.00697. The lowest BCUT2D eigenvalue weighted by atomic mass is 9.95. The number of anilines is 2. The minimum Gasteiger partial charge on any atom is -0.367 e. The first kappa shape index (κ1) is 19.5. The van der Waals surface area contributed by atoms with Gasteiger partial charge in [0.15, 0.2) is 0 Å². The Kier molecular flexibility index (Phi) is 5.87. The molecule has 2 aliphatic rings. The Labute approximate surface area is 169 Å². The molecule has 3 heterocycles. The van der Waals surface area contributed by atoms with Crippen molar-refractivity contribution in [1.82, 2.24) is 15.0 Å². The van der Waals surface area contributed by atoms with E-state index >= 15 is 0 Å². The monoisotopic (exact) mass is 398 g/mol. The quantitative estimate of drug-likeness (QED) is 0.671. The average molecular weight is 398 g/mol. The van der Waals surface area contributed by atoms with E-state index in [4.69, 9.17) is 10.4 Å². The van der Waals surface area contributed by atoms with E-state index in [1.54, 1.807) is 6.07 Å². The number of pyridine rings is 1. The summed E-state index contributed by atoms with van der Waals surface area (Å²) in [5, 5.41) is 11.1. The molecule has 3 N–H and O–H groups in total. The molecule has 1 atom stereocenters. The standard InChI is InChI=1S/C21H27FN6O/c22-15-8-9-18(24-12-15)28-10-4-5-14(13-28)19-26-20(17(11-23)21(29)27-19)25-16-6-2-1-3-7-16/h8-9,11-12,14,16,23H,1-7,10,13H2,(H2,25,26,27,29). The first-order valence-corrected chi connectivity index (χ1v) is 10.4. The molecule has 0 bridgehead atoms. The zero-order valence-electron chi connectivity index (χ0n) is 16.5. The van der Waals surface area contributed by atoms with Crippen LogP contribution in [-0.2, 0) is 0 Å². The fourth-order valence-electron chi connectivity index (χ4n) is 4.34. The molecule has 154 valence electrons. The van der Waals surface area contributed by atoms with E-state index < -0.39 is 0 Å². The third-order valence-corrected chi connectivity index (χ3v) is 5.91. The summed E-state index contributed by atoms with van der Waals surface area (Å²) in [7, 11) is 0. The zero-order chi connectivity index (χ0) is 20.2. The van der Waals surface area contributed by atoms with E-state index in [0.29, 0.717) is 24.2 Å². The Morgan fingerprint density at radius 1 is 1.21 bits per heavy atom. The van der Waals surface area contributed by atoms with Gasteiger partial charge in [-0.05, 0) is 37.8 Å². The van der Waals surface area contributed by atoms with E-state index in [1.165, 1.54) is 31.5 Å². The normalized spacial score (nSPS) is 20.4. The summed E-state index contributed by atoms with van der Waals surface area (Å²) in [6.07, 6.45) is 9.88. The van der Waals surface area contributed by atoms with Crippen molar-refractivity contribution in [2.75, 3.05) is 23.3 Å². The highest BCUT2D eigenvalue weighted by molar-refractivity contribution is 5.83. The van der Waals surface area contributed by atoms with Crippen LogP contribution in [0, 0.1) is 11.2 Å². The maximum absolute atomic E-state index is 13.2. The molecule has 4 rings (SSSR count). The lowest BCUT2D eigenvalue weighted by molar-refractivity contribution is 0.460. The summed E-state index contributed by atoms with van der Waals surface area (Å²) in [5.74, 6) is 1.59. The van der Waals surface area contributed by atoms with Crippen molar-refractivity contribution in [1.29, 1.82) is 5.41 Å². The van der Waals surface area contributed by atoms with Crippen LogP contribution in [-0.4, -0.2) is 40.3 Å². The van der Waals surface area contributed by atoms with Gasteiger partial charge in [-0.1, -0.05) is 19.3 Å². The van der Waals surface area contributed by atoms with Gasteiger partial charge in [-0.25, -0.2) is 14.4 Å². The third-order valence-electron chi connectivity index (χ3n) is 5.91. The second-order valence-electron chi connectivity index (χ2n) is 7.96. The molecule has 0 amide bonds. The summed E-state index contributed by atoms with van der Waals surface area (Å²) in [6, 6.07) is 3.40. The molecule has 1 unspecified atom stereocenters. The number of aromatic amines is 1. The Balaban J connectivity index is 1.57. The fourth-order valence-corrected chi connectivity index (χ4v) is 4.34. The molecule has 2 aromatic heterocycles. The molecule has 1 saturated carbocycles. The van der Waals surface area contributed by atoms with Crippen LogP contribution in [0.1, 0.15) is 62.3 Å². The molecular formula is C21H27FN6O. The van der Waals surface area contributed by atoms with E-state index in [1.807, 2.05) is 0 Å². The van der Waals surface area contributed by atoms with Crippen LogP contribution in [0.5, 0.6) is 0 Å².